The fourth-order valence-corrected chi connectivity index (χ4v) is 4.60. The predicted molar refractivity (Wildman–Crippen MR) is 108 cm³/mol. The predicted octanol–water partition coefficient (Wildman–Crippen LogP) is 1.81. The minimum atomic E-state index is -3.59. The van der Waals surface area contributed by atoms with Gasteiger partial charge in [-0.2, -0.15) is 9.40 Å². The van der Waals surface area contributed by atoms with Crippen molar-refractivity contribution in [3.05, 3.63) is 52.9 Å². The molecule has 0 saturated carbocycles. The van der Waals surface area contributed by atoms with E-state index in [0.29, 0.717) is 31.9 Å². The summed E-state index contributed by atoms with van der Waals surface area (Å²) in [7, 11) is -1.74. The van der Waals surface area contributed by atoms with Crippen LogP contribution in [-0.4, -0.2) is 54.8 Å². The maximum Gasteiger partial charge on any atom is 0.331 e. The van der Waals surface area contributed by atoms with Crippen molar-refractivity contribution in [3.8, 4) is 0 Å². The van der Waals surface area contributed by atoms with E-state index in [1.807, 2.05) is 20.9 Å². The van der Waals surface area contributed by atoms with Gasteiger partial charge in [0.25, 0.3) is 0 Å². The van der Waals surface area contributed by atoms with Crippen LogP contribution >= 0.6 is 0 Å². The average molecular weight is 420 g/mol. The number of hydrogen-bond acceptors (Lipinski definition) is 6. The zero-order valence-corrected chi connectivity index (χ0v) is 17.6. The monoisotopic (exact) mass is 419 g/mol. The molecular weight excluding hydrogens is 394 g/mol. The van der Waals surface area contributed by atoms with E-state index in [0.717, 1.165) is 17.0 Å². The number of carbonyl (C=O) groups excluding carboxylic acids is 1. The maximum atomic E-state index is 12.7. The summed E-state index contributed by atoms with van der Waals surface area (Å²) in [5.41, 5.74) is 3.26. The van der Waals surface area contributed by atoms with Gasteiger partial charge in [0.1, 0.15) is 6.61 Å². The number of benzene rings is 1. The highest BCUT2D eigenvalue weighted by Gasteiger charge is 2.26. The first kappa shape index (κ1) is 21.2. The van der Waals surface area contributed by atoms with E-state index in [1.165, 1.54) is 16.4 Å². The molecule has 0 amide bonds. The lowest BCUT2D eigenvalue weighted by Gasteiger charge is -2.26. The van der Waals surface area contributed by atoms with Gasteiger partial charge in [0.2, 0.25) is 10.0 Å². The molecule has 0 bridgehead atoms. The van der Waals surface area contributed by atoms with Crippen LogP contribution in [0.4, 0.5) is 0 Å². The summed E-state index contributed by atoms with van der Waals surface area (Å²) < 4.78 is 39.1. The van der Waals surface area contributed by atoms with Gasteiger partial charge in [-0.3, -0.25) is 4.68 Å². The zero-order valence-electron chi connectivity index (χ0n) is 16.8. The second-order valence-electron chi connectivity index (χ2n) is 6.81. The molecule has 8 nitrogen and oxygen atoms in total. The second kappa shape index (κ2) is 8.89. The van der Waals surface area contributed by atoms with Gasteiger partial charge in [0.05, 0.1) is 23.8 Å². The molecule has 29 heavy (non-hydrogen) atoms. The molecule has 1 aromatic carbocycles. The Morgan fingerprint density at radius 2 is 2.00 bits per heavy atom. The van der Waals surface area contributed by atoms with Gasteiger partial charge >= 0.3 is 5.97 Å². The molecule has 0 atom stereocenters. The molecule has 0 unspecified atom stereocenters. The average Bonchev–Trinajstić information content (AvgIpc) is 2.97. The number of carbonyl (C=O) groups is 1. The number of aromatic nitrogens is 2. The van der Waals surface area contributed by atoms with Crippen molar-refractivity contribution in [1.82, 2.24) is 14.1 Å². The van der Waals surface area contributed by atoms with Gasteiger partial charge in [-0.15, -0.1) is 0 Å². The lowest BCUT2D eigenvalue weighted by molar-refractivity contribution is -0.138. The number of hydrogen-bond donors (Lipinski definition) is 0. The number of nitrogens with zero attached hydrogens (tertiary/aromatic N) is 3. The molecule has 1 aliphatic rings. The summed E-state index contributed by atoms with van der Waals surface area (Å²) in [6.07, 6.45) is 3.03. The Kier molecular flexibility index (Phi) is 6.51. The fourth-order valence-electron chi connectivity index (χ4n) is 3.12. The Morgan fingerprint density at radius 3 is 2.66 bits per heavy atom. The third-order valence-electron chi connectivity index (χ3n) is 4.84. The number of sulfonamides is 1. The van der Waals surface area contributed by atoms with Crippen LogP contribution in [0, 0.1) is 13.8 Å². The van der Waals surface area contributed by atoms with Crippen LogP contribution in [-0.2, 0) is 37.9 Å². The van der Waals surface area contributed by atoms with Crippen LogP contribution in [0.15, 0.2) is 35.2 Å². The number of aryl methyl sites for hydroxylation is 2. The smallest absolute Gasteiger partial charge is 0.331 e. The summed E-state index contributed by atoms with van der Waals surface area (Å²) in [5.74, 6) is -0.505. The molecule has 9 heteroatoms. The molecule has 2 heterocycles. The van der Waals surface area contributed by atoms with Crippen LogP contribution < -0.4 is 0 Å². The van der Waals surface area contributed by atoms with Crippen LogP contribution in [0.5, 0.6) is 0 Å². The highest BCUT2D eigenvalue weighted by molar-refractivity contribution is 7.89. The van der Waals surface area contributed by atoms with E-state index in [4.69, 9.17) is 9.47 Å². The number of morpholine rings is 1. The van der Waals surface area contributed by atoms with E-state index in [1.54, 1.807) is 29.0 Å². The van der Waals surface area contributed by atoms with E-state index in [9.17, 15) is 13.2 Å². The first-order valence-corrected chi connectivity index (χ1v) is 10.7. The highest BCUT2D eigenvalue weighted by Crippen LogP contribution is 2.19. The van der Waals surface area contributed by atoms with E-state index in [2.05, 4.69) is 5.10 Å². The van der Waals surface area contributed by atoms with Gasteiger partial charge in [0, 0.05) is 37.5 Å². The number of esters is 1. The van der Waals surface area contributed by atoms with Crippen molar-refractivity contribution < 1.29 is 22.7 Å². The molecule has 1 fully saturated rings. The minimum absolute atomic E-state index is 0.0132. The molecule has 0 spiro atoms. The molecule has 156 valence electrons. The van der Waals surface area contributed by atoms with Crippen molar-refractivity contribution in [1.29, 1.82) is 0 Å². The van der Waals surface area contributed by atoms with E-state index >= 15 is 0 Å². The van der Waals surface area contributed by atoms with E-state index in [-0.39, 0.29) is 11.5 Å². The minimum Gasteiger partial charge on any atom is -0.458 e. The Balaban J connectivity index is 1.64. The Labute approximate surface area is 170 Å². The standard InChI is InChI=1S/C20H25N3O5S/c1-15-19(16(2)22(3)21-15)7-8-20(24)28-14-17-5-4-6-18(13-17)29(25,26)23-9-11-27-12-10-23/h4-8,13H,9-12,14H2,1-3H3/b8-7+. The molecule has 1 aromatic heterocycles. The van der Waals surface area contributed by atoms with Crippen LogP contribution in [0.2, 0.25) is 0 Å². The Hall–Kier alpha value is -2.49. The normalized spacial score (nSPS) is 15.7. The van der Waals surface area contributed by atoms with Crippen molar-refractivity contribution in [2.75, 3.05) is 26.3 Å². The van der Waals surface area contributed by atoms with Gasteiger partial charge < -0.3 is 9.47 Å². The quantitative estimate of drug-likeness (QED) is 0.524. The van der Waals surface area contributed by atoms with Crippen molar-refractivity contribution in [2.45, 2.75) is 25.3 Å². The highest BCUT2D eigenvalue weighted by atomic mass is 32.2. The van der Waals surface area contributed by atoms with Crippen molar-refractivity contribution in [3.63, 3.8) is 0 Å². The van der Waals surface area contributed by atoms with Crippen LogP contribution in [0.3, 0.4) is 0 Å². The summed E-state index contributed by atoms with van der Waals surface area (Å²) in [6.45, 7) is 5.22. The van der Waals surface area contributed by atoms with E-state index < -0.39 is 16.0 Å². The molecule has 2 aromatic rings. The Morgan fingerprint density at radius 1 is 1.28 bits per heavy atom. The zero-order chi connectivity index (χ0) is 21.0. The van der Waals surface area contributed by atoms with Gasteiger partial charge in [-0.25, -0.2) is 13.2 Å². The van der Waals surface area contributed by atoms with Crippen molar-refractivity contribution >= 4 is 22.1 Å². The van der Waals surface area contributed by atoms with Gasteiger partial charge in [0.15, 0.2) is 0 Å². The van der Waals surface area contributed by atoms with Crippen LogP contribution in [0.1, 0.15) is 22.5 Å². The molecule has 0 radical (unpaired) electrons. The van der Waals surface area contributed by atoms with Gasteiger partial charge in [-0.1, -0.05) is 12.1 Å². The SMILES string of the molecule is Cc1nn(C)c(C)c1/C=C/C(=O)OCc1cccc(S(=O)(=O)N2CCOCC2)c1. The Bertz CT molecular complexity index is 1020. The maximum absolute atomic E-state index is 12.7. The number of ether oxygens (including phenoxy) is 2. The largest absolute Gasteiger partial charge is 0.458 e. The van der Waals surface area contributed by atoms with Gasteiger partial charge in [-0.05, 0) is 37.6 Å². The summed E-state index contributed by atoms with van der Waals surface area (Å²) in [5, 5.41) is 4.30. The topological polar surface area (TPSA) is 90.7 Å². The third kappa shape index (κ3) is 4.92. The molecular formula is C20H25N3O5S. The lowest BCUT2D eigenvalue weighted by atomic mass is 10.2. The molecule has 1 aliphatic heterocycles. The third-order valence-corrected chi connectivity index (χ3v) is 6.73. The fraction of sp³-hybridized carbons (Fsp3) is 0.400. The molecule has 0 N–H and O–H groups in total. The summed E-state index contributed by atoms with van der Waals surface area (Å²) >= 11 is 0. The summed E-state index contributed by atoms with van der Waals surface area (Å²) in [6, 6.07) is 6.46. The lowest BCUT2D eigenvalue weighted by Crippen LogP contribution is -2.40. The number of rotatable bonds is 6. The first-order valence-electron chi connectivity index (χ1n) is 9.31. The summed E-state index contributed by atoms with van der Waals surface area (Å²) in [4.78, 5) is 12.3. The molecule has 1 saturated heterocycles. The molecule has 0 aliphatic carbocycles. The van der Waals surface area contributed by atoms with Crippen LogP contribution in [0.25, 0.3) is 6.08 Å². The molecule has 3 rings (SSSR count). The second-order valence-corrected chi connectivity index (χ2v) is 8.75. The van der Waals surface area contributed by atoms with Crippen molar-refractivity contribution in [2.24, 2.45) is 7.05 Å². The first-order chi connectivity index (χ1) is 13.8.